The normalized spacial score (nSPS) is 45.7. The van der Waals surface area contributed by atoms with Crippen molar-refractivity contribution in [1.82, 2.24) is 0 Å². The van der Waals surface area contributed by atoms with Crippen LogP contribution in [-0.4, -0.2) is 24.4 Å². The van der Waals surface area contributed by atoms with E-state index in [-0.39, 0.29) is 35.4 Å². The lowest BCUT2D eigenvalue weighted by atomic mass is 9.46. The molecule has 0 N–H and O–H groups in total. The highest BCUT2D eigenvalue weighted by atomic mass is 19.4. The third-order valence-corrected chi connectivity index (χ3v) is 8.92. The van der Waals surface area contributed by atoms with E-state index in [1.807, 2.05) is 0 Å². The molecule has 0 aromatic rings. The first-order chi connectivity index (χ1) is 13.0. The summed E-state index contributed by atoms with van der Waals surface area (Å²) in [5.74, 6) is -3.59. The average molecular weight is 400 g/mol. The standard InChI is InChI=1S/C22H28F4O2/c1-20-7-5-13(27)9-12(20)3-4-14-15(20)6-8-21(2)16(14)10-17(22(24,25)26)19(21)18(28)11-23/h9,14-17,19H,3-8,10-11H2,1-2H3/t14-,15+,16+,17?,19-,20+,21+/m1/s1. The van der Waals surface area contributed by atoms with Crippen molar-refractivity contribution >= 4 is 11.6 Å². The first-order valence-corrected chi connectivity index (χ1v) is 10.4. The van der Waals surface area contributed by atoms with Gasteiger partial charge in [0.1, 0.15) is 6.67 Å². The lowest BCUT2D eigenvalue weighted by Gasteiger charge is -2.58. The number of Topliss-reactive ketones (excluding diaryl/α,β-unsaturated/α-hetero) is 1. The van der Waals surface area contributed by atoms with Crippen LogP contribution in [0.5, 0.6) is 0 Å². The van der Waals surface area contributed by atoms with Crippen molar-refractivity contribution in [3.8, 4) is 0 Å². The Balaban J connectivity index is 1.71. The summed E-state index contributed by atoms with van der Waals surface area (Å²) in [4.78, 5) is 24.2. The Kier molecular flexibility index (Phi) is 4.59. The molecule has 28 heavy (non-hydrogen) atoms. The topological polar surface area (TPSA) is 34.1 Å². The fourth-order valence-corrected chi connectivity index (χ4v) is 7.60. The number of ketones is 2. The van der Waals surface area contributed by atoms with E-state index in [9.17, 15) is 27.2 Å². The monoisotopic (exact) mass is 400 g/mol. The van der Waals surface area contributed by atoms with Crippen LogP contribution in [-0.2, 0) is 9.59 Å². The van der Waals surface area contributed by atoms with Crippen LogP contribution in [0, 0.1) is 40.4 Å². The third kappa shape index (κ3) is 2.72. The Labute approximate surface area is 163 Å². The minimum atomic E-state index is -4.48. The summed E-state index contributed by atoms with van der Waals surface area (Å²) in [6.07, 6.45) is 1.28. The zero-order chi connectivity index (χ0) is 20.5. The number of carbonyl (C=O) groups excluding carboxylic acids is 2. The number of rotatable bonds is 2. The second-order valence-corrected chi connectivity index (χ2v) is 9.97. The minimum Gasteiger partial charge on any atom is -0.296 e. The summed E-state index contributed by atoms with van der Waals surface area (Å²) in [5.41, 5.74) is 0.246. The van der Waals surface area contributed by atoms with E-state index in [0.29, 0.717) is 12.8 Å². The van der Waals surface area contributed by atoms with E-state index < -0.39 is 35.9 Å². The Morgan fingerprint density at radius 3 is 2.50 bits per heavy atom. The molecule has 2 nitrogen and oxygen atoms in total. The Morgan fingerprint density at radius 2 is 1.86 bits per heavy atom. The smallest absolute Gasteiger partial charge is 0.296 e. The molecule has 0 aromatic heterocycles. The van der Waals surface area contributed by atoms with Gasteiger partial charge in [0.05, 0.1) is 5.92 Å². The predicted molar refractivity (Wildman–Crippen MR) is 96.1 cm³/mol. The van der Waals surface area contributed by atoms with E-state index >= 15 is 0 Å². The van der Waals surface area contributed by atoms with Gasteiger partial charge in [0.2, 0.25) is 0 Å². The molecule has 7 atom stereocenters. The molecule has 4 rings (SSSR count). The molecule has 156 valence electrons. The quantitative estimate of drug-likeness (QED) is 0.577. The van der Waals surface area contributed by atoms with Crippen molar-refractivity contribution in [3.05, 3.63) is 11.6 Å². The molecule has 0 heterocycles. The van der Waals surface area contributed by atoms with Crippen LogP contribution < -0.4 is 0 Å². The molecule has 4 aliphatic rings. The molecule has 6 heteroatoms. The van der Waals surface area contributed by atoms with Gasteiger partial charge in [-0.2, -0.15) is 13.2 Å². The zero-order valence-corrected chi connectivity index (χ0v) is 16.4. The number of fused-ring (bicyclic) bond motifs is 5. The predicted octanol–water partition coefficient (Wildman–Crippen LogP) is 5.46. The first-order valence-electron chi connectivity index (χ1n) is 10.4. The second-order valence-electron chi connectivity index (χ2n) is 9.97. The highest BCUT2D eigenvalue weighted by Gasteiger charge is 2.67. The van der Waals surface area contributed by atoms with Gasteiger partial charge in [-0.05, 0) is 73.2 Å². The average Bonchev–Trinajstić information content (AvgIpc) is 2.95. The highest BCUT2D eigenvalue weighted by molar-refractivity contribution is 5.91. The molecule has 4 aliphatic carbocycles. The zero-order valence-electron chi connectivity index (χ0n) is 16.4. The van der Waals surface area contributed by atoms with Gasteiger partial charge in [-0.25, -0.2) is 4.39 Å². The fourth-order valence-electron chi connectivity index (χ4n) is 7.60. The summed E-state index contributed by atoms with van der Waals surface area (Å²) in [6, 6.07) is 0. The van der Waals surface area contributed by atoms with Crippen LogP contribution in [0.2, 0.25) is 0 Å². The van der Waals surface area contributed by atoms with Gasteiger partial charge in [0.15, 0.2) is 11.6 Å². The molecule has 0 aliphatic heterocycles. The molecule has 0 amide bonds. The maximum atomic E-state index is 13.8. The molecule has 0 saturated heterocycles. The Morgan fingerprint density at radius 1 is 1.14 bits per heavy atom. The van der Waals surface area contributed by atoms with E-state index in [4.69, 9.17) is 0 Å². The van der Waals surface area contributed by atoms with Gasteiger partial charge in [0.25, 0.3) is 0 Å². The lowest BCUT2D eigenvalue weighted by molar-refractivity contribution is -0.191. The summed E-state index contributed by atoms with van der Waals surface area (Å²) < 4.78 is 54.6. The maximum absolute atomic E-state index is 13.8. The first kappa shape index (κ1) is 20.1. The van der Waals surface area contributed by atoms with Crippen molar-refractivity contribution in [2.24, 2.45) is 40.4 Å². The van der Waals surface area contributed by atoms with Gasteiger partial charge < -0.3 is 0 Å². The number of hydrogen-bond donors (Lipinski definition) is 0. The lowest BCUT2D eigenvalue weighted by Crippen LogP contribution is -2.51. The van der Waals surface area contributed by atoms with Crippen LogP contribution in [0.25, 0.3) is 0 Å². The number of hydrogen-bond acceptors (Lipinski definition) is 2. The van der Waals surface area contributed by atoms with Crippen LogP contribution >= 0.6 is 0 Å². The second kappa shape index (κ2) is 6.40. The van der Waals surface area contributed by atoms with Crippen molar-refractivity contribution < 1.29 is 27.2 Å². The maximum Gasteiger partial charge on any atom is 0.392 e. The van der Waals surface area contributed by atoms with Gasteiger partial charge in [0, 0.05) is 12.3 Å². The third-order valence-electron chi connectivity index (χ3n) is 8.92. The van der Waals surface area contributed by atoms with Gasteiger partial charge in [-0.15, -0.1) is 0 Å². The summed E-state index contributed by atoms with van der Waals surface area (Å²) in [5, 5.41) is 0. The fraction of sp³-hybridized carbons (Fsp3) is 0.818. The van der Waals surface area contributed by atoms with Gasteiger partial charge in [-0.1, -0.05) is 19.4 Å². The van der Waals surface area contributed by atoms with Crippen LogP contribution in [0.3, 0.4) is 0 Å². The number of alkyl halides is 4. The number of halogens is 4. The molecular formula is C22H28F4O2. The largest absolute Gasteiger partial charge is 0.392 e. The summed E-state index contributed by atoms with van der Waals surface area (Å²) in [6.45, 7) is 2.65. The van der Waals surface area contributed by atoms with Crippen LogP contribution in [0.1, 0.15) is 58.8 Å². The van der Waals surface area contributed by atoms with Crippen molar-refractivity contribution in [2.75, 3.05) is 6.67 Å². The molecule has 0 spiro atoms. The molecular weight excluding hydrogens is 372 g/mol. The summed E-state index contributed by atoms with van der Waals surface area (Å²) >= 11 is 0. The molecule has 1 unspecified atom stereocenters. The SMILES string of the molecule is C[C@]12CC[C@H]3[C@@H](CCC4=CC(=O)CC[C@@]43C)[C@@H]1CC(C(F)(F)F)[C@@H]2C(=O)CF. The van der Waals surface area contributed by atoms with Crippen LogP contribution in [0.4, 0.5) is 17.6 Å². The molecule has 3 fully saturated rings. The Bertz CT molecular complexity index is 727. The van der Waals surface area contributed by atoms with E-state index in [2.05, 4.69) is 6.92 Å². The summed E-state index contributed by atoms with van der Waals surface area (Å²) in [7, 11) is 0. The van der Waals surface area contributed by atoms with E-state index in [0.717, 1.165) is 31.3 Å². The van der Waals surface area contributed by atoms with Crippen molar-refractivity contribution in [2.45, 2.75) is 65.0 Å². The molecule has 3 saturated carbocycles. The van der Waals surface area contributed by atoms with Gasteiger partial charge in [-0.3, -0.25) is 9.59 Å². The van der Waals surface area contributed by atoms with E-state index in [1.165, 1.54) is 0 Å². The van der Waals surface area contributed by atoms with Gasteiger partial charge >= 0.3 is 6.18 Å². The van der Waals surface area contributed by atoms with E-state index in [1.54, 1.807) is 13.0 Å². The number of carbonyl (C=O) groups is 2. The van der Waals surface area contributed by atoms with Crippen molar-refractivity contribution in [3.63, 3.8) is 0 Å². The molecule has 0 bridgehead atoms. The number of allylic oxidation sites excluding steroid dienone is 1. The Hall–Kier alpha value is -1.20. The molecule has 0 aromatic carbocycles. The van der Waals surface area contributed by atoms with Crippen LogP contribution in [0.15, 0.2) is 11.6 Å². The van der Waals surface area contributed by atoms with Crippen molar-refractivity contribution in [1.29, 1.82) is 0 Å². The highest BCUT2D eigenvalue weighted by Crippen LogP contribution is 2.69. The molecule has 0 radical (unpaired) electrons. The minimum absolute atomic E-state index is 0.0639.